The minimum atomic E-state index is -3.37. The van der Waals surface area contributed by atoms with Crippen LogP contribution in [0.4, 0.5) is 5.69 Å². The minimum absolute atomic E-state index is 0.00493. The predicted molar refractivity (Wildman–Crippen MR) is 117 cm³/mol. The molecular weight excluding hydrogens is 386 g/mol. The van der Waals surface area contributed by atoms with Crippen LogP contribution in [0.5, 0.6) is 0 Å². The van der Waals surface area contributed by atoms with Gasteiger partial charge in [0.25, 0.3) is 5.56 Å². The summed E-state index contributed by atoms with van der Waals surface area (Å²) in [5.74, 6) is 0.00493. The molecule has 7 heteroatoms. The second-order valence-electron chi connectivity index (χ2n) is 7.52. The Labute approximate surface area is 170 Å². The Hall–Kier alpha value is -2.67. The molecule has 0 saturated heterocycles. The van der Waals surface area contributed by atoms with Crippen molar-refractivity contribution in [2.75, 3.05) is 10.5 Å². The molecule has 1 aliphatic rings. The van der Waals surface area contributed by atoms with Crippen molar-refractivity contribution in [3.8, 4) is 11.3 Å². The zero-order valence-electron chi connectivity index (χ0n) is 16.5. The lowest BCUT2D eigenvalue weighted by Gasteiger charge is -2.24. The largest absolute Gasteiger partial charge is 0.284 e. The summed E-state index contributed by atoms with van der Waals surface area (Å²) in [6.45, 7) is 1.60. The summed E-state index contributed by atoms with van der Waals surface area (Å²) >= 11 is 0. The number of aromatic nitrogens is 2. The van der Waals surface area contributed by atoms with Crippen molar-refractivity contribution in [1.82, 2.24) is 9.78 Å². The van der Waals surface area contributed by atoms with Crippen LogP contribution in [0.2, 0.25) is 0 Å². The van der Waals surface area contributed by atoms with Gasteiger partial charge >= 0.3 is 0 Å². The molecule has 0 atom stereocenters. The van der Waals surface area contributed by atoms with Gasteiger partial charge in [0.2, 0.25) is 10.0 Å². The molecule has 0 radical (unpaired) electrons. The molecule has 6 nitrogen and oxygen atoms in total. The fourth-order valence-corrected chi connectivity index (χ4v) is 4.60. The fourth-order valence-electron chi connectivity index (χ4n) is 3.97. The van der Waals surface area contributed by atoms with E-state index in [0.717, 1.165) is 36.6 Å². The van der Waals surface area contributed by atoms with Crippen LogP contribution in [0.25, 0.3) is 22.0 Å². The molecule has 0 bridgehead atoms. The monoisotopic (exact) mass is 411 g/mol. The lowest BCUT2D eigenvalue weighted by molar-refractivity contribution is 0.321. The van der Waals surface area contributed by atoms with Gasteiger partial charge < -0.3 is 0 Å². The Balaban J connectivity index is 1.87. The standard InChI is InChI=1S/C22H25N3O3S/c1-2-29(27,28)24-17-10-8-9-16(15-17)21-19-13-6-7-14-20(19)22(26)25(23-21)18-11-4-3-5-12-18/h6-10,13-15,18,24H,2-5,11-12H2,1H3. The summed E-state index contributed by atoms with van der Waals surface area (Å²) in [7, 11) is -3.37. The average molecular weight is 412 g/mol. The van der Waals surface area contributed by atoms with Crippen LogP contribution in [0, 0.1) is 0 Å². The first-order chi connectivity index (χ1) is 14.0. The smallest absolute Gasteiger partial charge is 0.274 e. The van der Waals surface area contributed by atoms with Crippen LogP contribution in [0.3, 0.4) is 0 Å². The highest BCUT2D eigenvalue weighted by Crippen LogP contribution is 2.31. The molecule has 1 aliphatic carbocycles. The number of sulfonamides is 1. The zero-order valence-corrected chi connectivity index (χ0v) is 17.3. The van der Waals surface area contributed by atoms with Gasteiger partial charge in [-0.3, -0.25) is 9.52 Å². The first kappa shape index (κ1) is 19.6. The number of benzene rings is 2. The molecule has 0 unspecified atom stereocenters. The van der Waals surface area contributed by atoms with E-state index in [1.807, 2.05) is 30.3 Å². The molecule has 152 valence electrons. The molecule has 0 aliphatic heterocycles. The Morgan fingerprint density at radius 1 is 1.03 bits per heavy atom. The molecule has 0 amide bonds. The Kier molecular flexibility index (Phi) is 5.41. The van der Waals surface area contributed by atoms with Crippen LogP contribution in [-0.2, 0) is 10.0 Å². The van der Waals surface area contributed by atoms with Gasteiger partial charge in [-0.1, -0.05) is 49.6 Å². The van der Waals surface area contributed by atoms with Crippen molar-refractivity contribution in [3.63, 3.8) is 0 Å². The molecule has 1 fully saturated rings. The molecule has 2 aromatic carbocycles. The summed E-state index contributed by atoms with van der Waals surface area (Å²) in [6, 6.07) is 14.8. The maximum atomic E-state index is 13.1. The molecule has 1 heterocycles. The van der Waals surface area contributed by atoms with Crippen molar-refractivity contribution in [2.24, 2.45) is 0 Å². The van der Waals surface area contributed by atoms with Crippen LogP contribution >= 0.6 is 0 Å². The summed E-state index contributed by atoms with van der Waals surface area (Å²) in [4.78, 5) is 13.1. The van der Waals surface area contributed by atoms with Gasteiger partial charge in [0.05, 0.1) is 22.9 Å². The van der Waals surface area contributed by atoms with Crippen molar-refractivity contribution in [2.45, 2.75) is 45.1 Å². The maximum absolute atomic E-state index is 13.1. The van der Waals surface area contributed by atoms with E-state index in [1.165, 1.54) is 6.42 Å². The first-order valence-corrected chi connectivity index (χ1v) is 11.8. The molecule has 0 spiro atoms. The zero-order chi connectivity index (χ0) is 20.4. The van der Waals surface area contributed by atoms with Gasteiger partial charge in [0, 0.05) is 16.6 Å². The first-order valence-electron chi connectivity index (χ1n) is 10.1. The van der Waals surface area contributed by atoms with Crippen molar-refractivity contribution in [3.05, 3.63) is 58.9 Å². The molecule has 4 rings (SSSR count). The van der Waals surface area contributed by atoms with E-state index in [1.54, 1.807) is 29.8 Å². The third-order valence-electron chi connectivity index (χ3n) is 5.54. The third kappa shape index (κ3) is 4.05. The van der Waals surface area contributed by atoms with E-state index in [4.69, 9.17) is 5.10 Å². The topological polar surface area (TPSA) is 81.1 Å². The van der Waals surface area contributed by atoms with E-state index in [9.17, 15) is 13.2 Å². The lowest BCUT2D eigenvalue weighted by atomic mass is 9.95. The van der Waals surface area contributed by atoms with E-state index < -0.39 is 10.0 Å². The van der Waals surface area contributed by atoms with E-state index >= 15 is 0 Å². The van der Waals surface area contributed by atoms with Crippen molar-refractivity contribution in [1.29, 1.82) is 0 Å². The average Bonchev–Trinajstić information content (AvgIpc) is 2.75. The maximum Gasteiger partial charge on any atom is 0.274 e. The normalized spacial score (nSPS) is 15.5. The number of anilines is 1. The van der Waals surface area contributed by atoms with Gasteiger partial charge in [-0.05, 0) is 38.0 Å². The summed E-state index contributed by atoms with van der Waals surface area (Å²) in [6.07, 6.45) is 5.33. The quantitative estimate of drug-likeness (QED) is 0.677. The third-order valence-corrected chi connectivity index (χ3v) is 6.85. The van der Waals surface area contributed by atoms with Gasteiger partial charge in [-0.25, -0.2) is 13.1 Å². The lowest BCUT2D eigenvalue weighted by Crippen LogP contribution is -2.29. The Bertz CT molecular complexity index is 1200. The van der Waals surface area contributed by atoms with Crippen LogP contribution in [0.15, 0.2) is 53.3 Å². The Morgan fingerprint density at radius 2 is 1.76 bits per heavy atom. The second kappa shape index (κ2) is 7.99. The van der Waals surface area contributed by atoms with Gasteiger partial charge in [-0.2, -0.15) is 5.10 Å². The predicted octanol–water partition coefficient (Wildman–Crippen LogP) is 4.33. The molecule has 1 aromatic heterocycles. The molecule has 1 saturated carbocycles. The highest BCUT2D eigenvalue weighted by Gasteiger charge is 2.21. The van der Waals surface area contributed by atoms with Gasteiger partial charge in [0.15, 0.2) is 0 Å². The number of hydrogen-bond acceptors (Lipinski definition) is 4. The number of nitrogens with one attached hydrogen (secondary N) is 1. The van der Waals surface area contributed by atoms with Crippen LogP contribution in [0.1, 0.15) is 45.1 Å². The van der Waals surface area contributed by atoms with E-state index in [2.05, 4.69) is 4.72 Å². The van der Waals surface area contributed by atoms with E-state index in [0.29, 0.717) is 16.8 Å². The minimum Gasteiger partial charge on any atom is -0.284 e. The molecule has 3 aromatic rings. The molecular formula is C22H25N3O3S. The molecule has 1 N–H and O–H groups in total. The number of nitrogens with zero attached hydrogens (tertiary/aromatic N) is 2. The highest BCUT2D eigenvalue weighted by molar-refractivity contribution is 7.92. The van der Waals surface area contributed by atoms with Gasteiger partial charge in [0.1, 0.15) is 0 Å². The Morgan fingerprint density at radius 3 is 2.48 bits per heavy atom. The number of rotatable bonds is 5. The summed E-state index contributed by atoms with van der Waals surface area (Å²) in [5.41, 5.74) is 1.91. The highest BCUT2D eigenvalue weighted by atomic mass is 32.2. The van der Waals surface area contributed by atoms with Crippen LogP contribution < -0.4 is 10.3 Å². The van der Waals surface area contributed by atoms with Gasteiger partial charge in [-0.15, -0.1) is 0 Å². The summed E-state index contributed by atoms with van der Waals surface area (Å²) in [5, 5.41) is 6.20. The summed E-state index contributed by atoms with van der Waals surface area (Å²) < 4.78 is 28.2. The molecule has 29 heavy (non-hydrogen) atoms. The number of fused-ring (bicyclic) bond motifs is 1. The fraction of sp³-hybridized carbons (Fsp3) is 0.364. The second-order valence-corrected chi connectivity index (χ2v) is 9.53. The van der Waals surface area contributed by atoms with Crippen molar-refractivity contribution < 1.29 is 8.42 Å². The van der Waals surface area contributed by atoms with Crippen molar-refractivity contribution >= 4 is 26.5 Å². The number of hydrogen-bond donors (Lipinski definition) is 1. The van der Waals surface area contributed by atoms with E-state index in [-0.39, 0.29) is 17.4 Å². The van der Waals surface area contributed by atoms with Crippen LogP contribution in [-0.4, -0.2) is 24.0 Å². The SMILES string of the molecule is CCS(=O)(=O)Nc1cccc(-c2nn(C3CCCCC3)c(=O)c3ccccc23)c1.